The fourth-order valence-corrected chi connectivity index (χ4v) is 3.71. The Morgan fingerprint density at radius 2 is 2.13 bits per heavy atom. The summed E-state index contributed by atoms with van der Waals surface area (Å²) < 4.78 is 26.4. The number of likely N-dealkylation sites (tertiary alicyclic amines) is 1. The fraction of sp³-hybridized carbons (Fsp3) is 0.227. The van der Waals surface area contributed by atoms with Crippen LogP contribution in [0.1, 0.15) is 23.8 Å². The number of Topliss-reactive ketones (excluding diaryl/α,β-unsaturated/α-hetero) is 1. The number of carbonyl (C=O) groups is 2. The molecule has 160 valence electrons. The molecule has 0 bridgehead atoms. The van der Waals surface area contributed by atoms with Crippen molar-refractivity contribution in [2.75, 3.05) is 13.7 Å². The number of aliphatic hydroxyl groups is 1. The van der Waals surface area contributed by atoms with Crippen LogP contribution in [-0.2, 0) is 16.1 Å². The van der Waals surface area contributed by atoms with E-state index >= 15 is 0 Å². The van der Waals surface area contributed by atoms with Gasteiger partial charge in [0.05, 0.1) is 30.8 Å². The van der Waals surface area contributed by atoms with Crippen molar-refractivity contribution in [2.45, 2.75) is 19.0 Å². The van der Waals surface area contributed by atoms with Gasteiger partial charge >= 0.3 is 0 Å². The normalized spacial score (nSPS) is 18.0. The van der Waals surface area contributed by atoms with Gasteiger partial charge in [-0.1, -0.05) is 0 Å². The number of ether oxygens (including phenoxy) is 1. The standard InChI is InChI=1S/C22H20FN3O5/c1-30-16-6-5-14(23)12-15(16)20(27)18-19(17-4-2-11-31-17)26(22(29)21(18)28)9-3-8-25-10-7-24-13-25/h2,4-7,10-13,19,27H,3,8-9H2,1H3/b20-18+/t19-/m1/s1. The van der Waals surface area contributed by atoms with Crippen LogP contribution in [0.25, 0.3) is 5.76 Å². The van der Waals surface area contributed by atoms with Crippen molar-refractivity contribution >= 4 is 17.4 Å². The topological polar surface area (TPSA) is 97.8 Å². The van der Waals surface area contributed by atoms with E-state index in [0.717, 1.165) is 6.07 Å². The van der Waals surface area contributed by atoms with Gasteiger partial charge in [-0.2, -0.15) is 0 Å². The monoisotopic (exact) mass is 425 g/mol. The lowest BCUT2D eigenvalue weighted by Crippen LogP contribution is -2.31. The molecule has 1 N–H and O–H groups in total. The molecule has 1 aliphatic heterocycles. The molecule has 1 atom stereocenters. The second-order valence-corrected chi connectivity index (χ2v) is 7.01. The number of methoxy groups -OCH3 is 1. The summed E-state index contributed by atoms with van der Waals surface area (Å²) in [6, 6.07) is 5.88. The quantitative estimate of drug-likeness (QED) is 0.355. The second kappa shape index (κ2) is 8.47. The Labute approximate surface area is 177 Å². The fourth-order valence-electron chi connectivity index (χ4n) is 3.71. The summed E-state index contributed by atoms with van der Waals surface area (Å²) in [4.78, 5) is 31.1. The molecule has 31 heavy (non-hydrogen) atoms. The summed E-state index contributed by atoms with van der Waals surface area (Å²) >= 11 is 0. The number of amides is 1. The molecule has 4 rings (SSSR count). The van der Waals surface area contributed by atoms with Crippen molar-refractivity contribution in [1.82, 2.24) is 14.5 Å². The third-order valence-electron chi connectivity index (χ3n) is 5.14. The predicted molar refractivity (Wildman–Crippen MR) is 108 cm³/mol. The number of ketones is 1. The van der Waals surface area contributed by atoms with Gasteiger partial charge in [-0.25, -0.2) is 9.37 Å². The molecule has 1 aromatic carbocycles. The van der Waals surface area contributed by atoms with Gasteiger partial charge in [-0.3, -0.25) is 9.59 Å². The summed E-state index contributed by atoms with van der Waals surface area (Å²) in [5, 5.41) is 11.0. The van der Waals surface area contributed by atoms with Gasteiger partial charge in [0.1, 0.15) is 29.1 Å². The van der Waals surface area contributed by atoms with Crippen LogP contribution in [0.4, 0.5) is 4.39 Å². The average molecular weight is 425 g/mol. The van der Waals surface area contributed by atoms with Crippen LogP contribution in [0.15, 0.2) is 65.3 Å². The predicted octanol–water partition coefficient (Wildman–Crippen LogP) is 3.14. The number of carbonyl (C=O) groups excluding carboxylic acids is 2. The first-order chi connectivity index (χ1) is 15.0. The summed E-state index contributed by atoms with van der Waals surface area (Å²) in [5.41, 5.74) is -0.193. The minimum Gasteiger partial charge on any atom is -0.507 e. The number of aromatic nitrogens is 2. The molecule has 0 radical (unpaired) electrons. The Balaban J connectivity index is 1.74. The first kappa shape index (κ1) is 20.4. The molecule has 0 unspecified atom stereocenters. The summed E-state index contributed by atoms with van der Waals surface area (Å²) in [7, 11) is 1.36. The second-order valence-electron chi connectivity index (χ2n) is 7.01. The molecule has 9 heteroatoms. The van der Waals surface area contributed by atoms with E-state index in [4.69, 9.17) is 9.15 Å². The van der Waals surface area contributed by atoms with Crippen molar-refractivity contribution in [3.05, 3.63) is 78.0 Å². The lowest BCUT2D eigenvalue weighted by Gasteiger charge is -2.23. The van der Waals surface area contributed by atoms with Crippen molar-refractivity contribution in [3.63, 3.8) is 0 Å². The Morgan fingerprint density at radius 3 is 2.81 bits per heavy atom. The van der Waals surface area contributed by atoms with E-state index in [9.17, 15) is 19.1 Å². The van der Waals surface area contributed by atoms with E-state index in [-0.39, 0.29) is 23.4 Å². The van der Waals surface area contributed by atoms with Gasteiger partial charge in [0.15, 0.2) is 0 Å². The van der Waals surface area contributed by atoms with E-state index in [0.29, 0.717) is 18.7 Å². The number of hydrogen-bond acceptors (Lipinski definition) is 6. The third-order valence-corrected chi connectivity index (χ3v) is 5.14. The van der Waals surface area contributed by atoms with Gasteiger partial charge in [-0.15, -0.1) is 0 Å². The molecule has 3 aromatic rings. The van der Waals surface area contributed by atoms with Crippen LogP contribution in [0.3, 0.4) is 0 Å². The molecule has 1 fully saturated rings. The molecule has 0 aliphatic carbocycles. The maximum Gasteiger partial charge on any atom is 0.295 e. The van der Waals surface area contributed by atoms with Crippen molar-refractivity contribution < 1.29 is 28.2 Å². The molecule has 0 saturated carbocycles. The number of rotatable bonds is 7. The molecular formula is C22H20FN3O5. The zero-order chi connectivity index (χ0) is 22.0. The molecule has 8 nitrogen and oxygen atoms in total. The highest BCUT2D eigenvalue weighted by atomic mass is 19.1. The lowest BCUT2D eigenvalue weighted by atomic mass is 9.98. The number of nitrogens with zero attached hydrogens (tertiary/aromatic N) is 3. The zero-order valence-electron chi connectivity index (χ0n) is 16.7. The first-order valence-corrected chi connectivity index (χ1v) is 9.62. The van der Waals surface area contributed by atoms with Gasteiger partial charge < -0.3 is 23.7 Å². The van der Waals surface area contributed by atoms with Crippen LogP contribution < -0.4 is 4.74 Å². The Bertz CT molecular complexity index is 1120. The number of hydrogen-bond donors (Lipinski definition) is 1. The number of aryl methyl sites for hydroxylation is 1. The number of furan rings is 1. The van der Waals surface area contributed by atoms with Gasteiger partial charge in [0.2, 0.25) is 0 Å². The summed E-state index contributed by atoms with van der Waals surface area (Å²) in [6.45, 7) is 0.830. The summed E-state index contributed by atoms with van der Waals surface area (Å²) in [6.07, 6.45) is 7.08. The Kier molecular flexibility index (Phi) is 5.57. The largest absolute Gasteiger partial charge is 0.507 e. The number of aliphatic hydroxyl groups excluding tert-OH is 1. The smallest absolute Gasteiger partial charge is 0.295 e. The van der Waals surface area contributed by atoms with Crippen molar-refractivity contribution in [1.29, 1.82) is 0 Å². The highest BCUT2D eigenvalue weighted by molar-refractivity contribution is 6.46. The van der Waals surface area contributed by atoms with Crippen LogP contribution in [0.5, 0.6) is 5.75 Å². The van der Waals surface area contributed by atoms with Gasteiger partial charge in [-0.05, 0) is 36.8 Å². The molecule has 2 aromatic heterocycles. The molecular weight excluding hydrogens is 405 g/mol. The zero-order valence-corrected chi connectivity index (χ0v) is 16.7. The summed E-state index contributed by atoms with van der Waals surface area (Å²) in [5.74, 6) is -2.28. The molecule has 1 saturated heterocycles. The number of halogens is 1. The van der Waals surface area contributed by atoms with E-state index in [1.807, 2.05) is 4.57 Å². The molecule has 0 spiro atoms. The minimum absolute atomic E-state index is 0.0181. The minimum atomic E-state index is -0.939. The lowest BCUT2D eigenvalue weighted by molar-refractivity contribution is -0.140. The number of benzene rings is 1. The van der Waals surface area contributed by atoms with E-state index in [1.165, 1.54) is 30.4 Å². The van der Waals surface area contributed by atoms with Crippen LogP contribution in [-0.4, -0.2) is 44.9 Å². The molecule has 3 heterocycles. The van der Waals surface area contributed by atoms with E-state index in [2.05, 4.69) is 4.98 Å². The van der Waals surface area contributed by atoms with Gasteiger partial charge in [0, 0.05) is 25.5 Å². The molecule has 1 aliphatic rings. The van der Waals surface area contributed by atoms with Crippen molar-refractivity contribution in [2.24, 2.45) is 0 Å². The van der Waals surface area contributed by atoms with Crippen LogP contribution >= 0.6 is 0 Å². The number of imidazole rings is 1. The van der Waals surface area contributed by atoms with E-state index in [1.54, 1.807) is 30.9 Å². The highest BCUT2D eigenvalue weighted by Crippen LogP contribution is 2.41. The van der Waals surface area contributed by atoms with Crippen molar-refractivity contribution in [3.8, 4) is 5.75 Å². The van der Waals surface area contributed by atoms with E-state index < -0.39 is 29.3 Å². The average Bonchev–Trinajstić information content (AvgIpc) is 3.52. The maximum atomic E-state index is 13.9. The van der Waals surface area contributed by atoms with Crippen LogP contribution in [0.2, 0.25) is 0 Å². The maximum absolute atomic E-state index is 13.9. The Hall–Kier alpha value is -3.88. The van der Waals surface area contributed by atoms with Crippen LogP contribution in [0, 0.1) is 5.82 Å². The third kappa shape index (κ3) is 3.81. The highest BCUT2D eigenvalue weighted by Gasteiger charge is 2.47. The molecule has 1 amide bonds. The first-order valence-electron chi connectivity index (χ1n) is 9.62. The Morgan fingerprint density at radius 1 is 1.29 bits per heavy atom. The SMILES string of the molecule is COc1ccc(F)cc1/C(O)=C1\C(=O)C(=O)N(CCCn2ccnc2)[C@@H]1c1ccco1. The van der Waals surface area contributed by atoms with Gasteiger partial charge in [0.25, 0.3) is 11.7 Å².